The lowest BCUT2D eigenvalue weighted by Gasteiger charge is -2.23. The van der Waals surface area contributed by atoms with Crippen molar-refractivity contribution in [3.8, 4) is 22.7 Å². The summed E-state index contributed by atoms with van der Waals surface area (Å²) in [5.74, 6) is -0.475. The van der Waals surface area contributed by atoms with Gasteiger partial charge in [-0.1, -0.05) is 22.0 Å². The molecule has 3 N–H and O–H groups in total. The molecular weight excluding hydrogens is 515 g/mol. The molecule has 1 fully saturated rings. The zero-order valence-electron chi connectivity index (χ0n) is 18.6. The number of nitrogens with zero attached hydrogens (tertiary/aromatic N) is 3. The number of hydrogen-bond donors (Lipinski definition) is 2. The summed E-state index contributed by atoms with van der Waals surface area (Å²) in [6, 6.07) is 18.8. The molecule has 1 aliphatic rings. The van der Waals surface area contributed by atoms with Gasteiger partial charge in [0.2, 0.25) is 0 Å². The highest BCUT2D eigenvalue weighted by Crippen LogP contribution is 2.35. The third-order valence-corrected chi connectivity index (χ3v) is 6.45. The molecule has 1 aromatic heterocycles. The number of halogens is 2. The third kappa shape index (κ3) is 4.78. The zero-order valence-corrected chi connectivity index (χ0v) is 20.2. The lowest BCUT2D eigenvalue weighted by atomic mass is 10.1. The Morgan fingerprint density at radius 1 is 1.11 bits per heavy atom. The van der Waals surface area contributed by atoms with Crippen LogP contribution >= 0.6 is 15.9 Å². The van der Waals surface area contributed by atoms with Gasteiger partial charge in [-0.25, -0.2) is 9.07 Å². The second-order valence-corrected chi connectivity index (χ2v) is 9.17. The Labute approximate surface area is 209 Å². The fourth-order valence-electron chi connectivity index (χ4n) is 4.07. The predicted molar refractivity (Wildman–Crippen MR) is 133 cm³/mol. The van der Waals surface area contributed by atoms with Gasteiger partial charge in [-0.3, -0.25) is 4.79 Å². The first kappa shape index (κ1) is 23.1. The highest BCUT2D eigenvalue weighted by molar-refractivity contribution is 9.10. The summed E-state index contributed by atoms with van der Waals surface area (Å²) < 4.78 is 22.2. The number of ether oxygens (including phenoxy) is 1. The van der Waals surface area contributed by atoms with Crippen LogP contribution in [0.3, 0.4) is 0 Å². The molecule has 0 saturated carbocycles. The minimum Gasteiger partial charge on any atom is -0.506 e. The van der Waals surface area contributed by atoms with Crippen molar-refractivity contribution in [3.05, 3.63) is 94.3 Å². The van der Waals surface area contributed by atoms with E-state index in [4.69, 9.17) is 15.6 Å². The molecule has 5 rings (SSSR count). The topological polar surface area (TPSA) is 93.6 Å². The van der Waals surface area contributed by atoms with E-state index in [9.17, 15) is 14.3 Å². The Kier molecular flexibility index (Phi) is 6.27. The first-order chi connectivity index (χ1) is 16.9. The highest BCUT2D eigenvalue weighted by atomic mass is 79.9. The van der Waals surface area contributed by atoms with Crippen LogP contribution in [-0.2, 0) is 16.0 Å². The van der Waals surface area contributed by atoms with Gasteiger partial charge < -0.3 is 20.5 Å². The van der Waals surface area contributed by atoms with Crippen LogP contribution in [0.1, 0.15) is 17.4 Å². The summed E-state index contributed by atoms with van der Waals surface area (Å²) in [6.45, 7) is 0.323. The Morgan fingerprint density at radius 2 is 1.86 bits per heavy atom. The summed E-state index contributed by atoms with van der Waals surface area (Å²) in [7, 11) is 0. The zero-order chi connectivity index (χ0) is 24.5. The van der Waals surface area contributed by atoms with Crippen LogP contribution in [0.25, 0.3) is 16.9 Å². The molecule has 0 spiro atoms. The SMILES string of the molecule is Nc1ccc(CCN2C(=O)COC2c2cn(-c3ccc(Br)cc3)nc2-c2ccc(F)cc2)cc1O. The van der Waals surface area contributed by atoms with Crippen LogP contribution in [0.15, 0.2) is 77.4 Å². The van der Waals surface area contributed by atoms with Crippen molar-refractivity contribution in [3.63, 3.8) is 0 Å². The van der Waals surface area contributed by atoms with Gasteiger partial charge in [-0.05, 0) is 72.6 Å². The van der Waals surface area contributed by atoms with E-state index in [0.717, 1.165) is 15.7 Å². The number of nitrogens with two attached hydrogens (primary N) is 1. The minimum absolute atomic E-state index is 0.0115. The Balaban J connectivity index is 1.50. The summed E-state index contributed by atoms with van der Waals surface area (Å²) in [6.07, 6.45) is 1.69. The lowest BCUT2D eigenvalue weighted by Crippen LogP contribution is -2.30. The molecule has 9 heteroatoms. The molecule has 1 aliphatic heterocycles. The van der Waals surface area contributed by atoms with Crippen LogP contribution < -0.4 is 5.73 Å². The number of benzene rings is 3. The van der Waals surface area contributed by atoms with E-state index < -0.39 is 6.23 Å². The Bertz CT molecular complexity index is 1370. The van der Waals surface area contributed by atoms with E-state index >= 15 is 0 Å². The highest BCUT2D eigenvalue weighted by Gasteiger charge is 2.36. The molecule has 0 aliphatic carbocycles. The number of aromatic nitrogens is 2. The number of aromatic hydroxyl groups is 1. The number of anilines is 1. The maximum atomic E-state index is 13.6. The predicted octanol–water partition coefficient (Wildman–Crippen LogP) is 4.83. The van der Waals surface area contributed by atoms with E-state index in [2.05, 4.69) is 15.9 Å². The fraction of sp³-hybridized carbons (Fsp3) is 0.154. The van der Waals surface area contributed by atoms with Crippen molar-refractivity contribution in [1.29, 1.82) is 0 Å². The molecule has 1 atom stereocenters. The molecule has 35 heavy (non-hydrogen) atoms. The van der Waals surface area contributed by atoms with Crippen molar-refractivity contribution >= 4 is 27.5 Å². The van der Waals surface area contributed by atoms with E-state index in [1.807, 2.05) is 36.5 Å². The summed E-state index contributed by atoms with van der Waals surface area (Å²) in [5.41, 5.74) is 9.69. The third-order valence-electron chi connectivity index (χ3n) is 5.92. The molecule has 1 saturated heterocycles. The van der Waals surface area contributed by atoms with E-state index in [1.54, 1.807) is 33.8 Å². The molecular formula is C26H22BrFN4O3. The molecule has 2 heterocycles. The van der Waals surface area contributed by atoms with Gasteiger partial charge in [0.05, 0.1) is 11.4 Å². The van der Waals surface area contributed by atoms with Gasteiger partial charge in [-0.15, -0.1) is 0 Å². The van der Waals surface area contributed by atoms with Gasteiger partial charge in [-0.2, -0.15) is 5.10 Å². The Hall–Kier alpha value is -3.69. The standard InChI is InChI=1S/C26H22BrFN4O3/c27-18-4-8-20(9-5-18)32-14-21(25(30-32)17-2-6-19(28)7-3-17)26-31(24(34)15-35-26)12-11-16-1-10-22(29)23(33)13-16/h1-10,13-14,26,33H,11-12,15,29H2. The van der Waals surface area contributed by atoms with Crippen molar-refractivity contribution in [2.75, 3.05) is 18.9 Å². The number of amides is 1. The number of hydrogen-bond acceptors (Lipinski definition) is 5. The Morgan fingerprint density at radius 3 is 2.57 bits per heavy atom. The molecule has 7 nitrogen and oxygen atoms in total. The van der Waals surface area contributed by atoms with Gasteiger partial charge in [0.25, 0.3) is 5.91 Å². The first-order valence-corrected chi connectivity index (χ1v) is 11.8. The van der Waals surface area contributed by atoms with Crippen LogP contribution in [0, 0.1) is 5.82 Å². The fourth-order valence-corrected chi connectivity index (χ4v) is 4.34. The maximum Gasteiger partial charge on any atom is 0.250 e. The first-order valence-electron chi connectivity index (χ1n) is 11.0. The van der Waals surface area contributed by atoms with Crippen LogP contribution in [0.4, 0.5) is 10.1 Å². The van der Waals surface area contributed by atoms with Gasteiger partial charge >= 0.3 is 0 Å². The van der Waals surface area contributed by atoms with E-state index in [1.165, 1.54) is 12.1 Å². The van der Waals surface area contributed by atoms with Crippen molar-refractivity contribution in [1.82, 2.24) is 14.7 Å². The summed E-state index contributed by atoms with van der Waals surface area (Å²) >= 11 is 3.44. The average molecular weight is 537 g/mol. The average Bonchev–Trinajstić information content (AvgIpc) is 3.44. The minimum atomic E-state index is -0.658. The lowest BCUT2D eigenvalue weighted by molar-refractivity contribution is -0.128. The molecule has 3 aromatic carbocycles. The van der Waals surface area contributed by atoms with E-state index in [-0.39, 0.29) is 24.1 Å². The number of rotatable bonds is 6. The molecule has 0 bridgehead atoms. The number of nitrogen functional groups attached to an aromatic ring is 1. The van der Waals surface area contributed by atoms with E-state index in [0.29, 0.717) is 35.5 Å². The molecule has 178 valence electrons. The maximum absolute atomic E-state index is 13.6. The van der Waals surface area contributed by atoms with Crippen LogP contribution in [-0.4, -0.2) is 38.8 Å². The second-order valence-electron chi connectivity index (χ2n) is 8.25. The molecule has 4 aromatic rings. The number of carbonyl (C=O) groups is 1. The monoisotopic (exact) mass is 536 g/mol. The number of phenolic OH excluding ortho intramolecular Hbond substituents is 1. The second kappa shape index (κ2) is 9.52. The van der Waals surface area contributed by atoms with Crippen LogP contribution in [0.5, 0.6) is 5.75 Å². The summed E-state index contributed by atoms with van der Waals surface area (Å²) in [5, 5.41) is 14.7. The molecule has 1 unspecified atom stereocenters. The van der Waals surface area contributed by atoms with Crippen molar-refractivity contribution < 1.29 is 19.0 Å². The smallest absolute Gasteiger partial charge is 0.250 e. The normalized spacial score (nSPS) is 15.7. The number of carbonyl (C=O) groups excluding carboxylic acids is 1. The quantitative estimate of drug-likeness (QED) is 0.272. The van der Waals surface area contributed by atoms with Gasteiger partial charge in [0.1, 0.15) is 23.9 Å². The molecule has 0 radical (unpaired) electrons. The van der Waals surface area contributed by atoms with Crippen molar-refractivity contribution in [2.45, 2.75) is 12.6 Å². The van der Waals surface area contributed by atoms with Crippen LogP contribution in [0.2, 0.25) is 0 Å². The number of phenols is 1. The summed E-state index contributed by atoms with van der Waals surface area (Å²) in [4.78, 5) is 14.4. The molecule has 1 amide bonds. The van der Waals surface area contributed by atoms with Gasteiger partial charge in [0, 0.05) is 28.3 Å². The van der Waals surface area contributed by atoms with Gasteiger partial charge in [0.15, 0.2) is 6.23 Å². The largest absolute Gasteiger partial charge is 0.506 e. The van der Waals surface area contributed by atoms with Crippen molar-refractivity contribution in [2.24, 2.45) is 0 Å².